The molecule has 3 N–H and O–H groups in total. The Balaban J connectivity index is 2.52. The number of rotatable bonds is 3. The lowest BCUT2D eigenvalue weighted by Gasteiger charge is -2.37. The second-order valence-electron chi connectivity index (χ2n) is 3.95. The highest BCUT2D eigenvalue weighted by Crippen LogP contribution is 2.27. The summed E-state index contributed by atoms with van der Waals surface area (Å²) in [6.07, 6.45) is 6.33. The van der Waals surface area contributed by atoms with Crippen molar-refractivity contribution in [2.24, 2.45) is 5.73 Å². The van der Waals surface area contributed by atoms with Crippen molar-refractivity contribution < 1.29 is 4.79 Å². The third-order valence-corrected chi connectivity index (χ3v) is 2.93. The molecule has 1 saturated carbocycles. The Kier molecular flexibility index (Phi) is 3.72. The van der Waals surface area contributed by atoms with E-state index >= 15 is 0 Å². The van der Waals surface area contributed by atoms with Gasteiger partial charge in [0.2, 0.25) is 5.91 Å². The maximum Gasteiger partial charge on any atom is 0.220 e. The summed E-state index contributed by atoms with van der Waals surface area (Å²) in [6, 6.07) is 0. The van der Waals surface area contributed by atoms with Crippen molar-refractivity contribution >= 4 is 5.91 Å². The van der Waals surface area contributed by atoms with Gasteiger partial charge in [-0.2, -0.15) is 0 Å². The fourth-order valence-corrected chi connectivity index (χ4v) is 1.99. The molecule has 0 aliphatic heterocycles. The summed E-state index contributed by atoms with van der Waals surface area (Å²) in [5, 5.41) is 3.07. The van der Waals surface area contributed by atoms with Gasteiger partial charge in [0.25, 0.3) is 0 Å². The molecule has 0 saturated heterocycles. The molecule has 13 heavy (non-hydrogen) atoms. The Hall–Kier alpha value is -0.570. The number of carbonyl (C=O) groups is 1. The second-order valence-corrected chi connectivity index (χ2v) is 3.95. The highest BCUT2D eigenvalue weighted by Gasteiger charge is 2.31. The van der Waals surface area contributed by atoms with Gasteiger partial charge in [-0.1, -0.05) is 26.2 Å². The summed E-state index contributed by atoms with van der Waals surface area (Å²) in [5.74, 6) is 0.132. The first kappa shape index (κ1) is 10.5. The summed E-state index contributed by atoms with van der Waals surface area (Å²) < 4.78 is 0. The van der Waals surface area contributed by atoms with E-state index in [0.29, 0.717) is 13.0 Å². The Morgan fingerprint density at radius 2 is 2.00 bits per heavy atom. The van der Waals surface area contributed by atoms with Gasteiger partial charge < -0.3 is 11.1 Å². The van der Waals surface area contributed by atoms with Crippen molar-refractivity contribution in [3.63, 3.8) is 0 Å². The molecule has 1 amide bonds. The molecule has 0 aromatic rings. The molecule has 0 atom stereocenters. The zero-order valence-electron chi connectivity index (χ0n) is 8.44. The van der Waals surface area contributed by atoms with Gasteiger partial charge in [0.15, 0.2) is 0 Å². The molecule has 0 unspecified atom stereocenters. The first-order valence-corrected chi connectivity index (χ1v) is 5.23. The highest BCUT2D eigenvalue weighted by atomic mass is 16.1. The maximum absolute atomic E-state index is 11.3. The van der Waals surface area contributed by atoms with Gasteiger partial charge in [0.1, 0.15) is 0 Å². The Bertz CT molecular complexity index is 174. The van der Waals surface area contributed by atoms with Gasteiger partial charge in [-0.05, 0) is 12.8 Å². The molecule has 1 aliphatic carbocycles. The molecular formula is C10H20N2O. The third kappa shape index (κ3) is 2.69. The number of hydrogen-bond donors (Lipinski definition) is 2. The summed E-state index contributed by atoms with van der Waals surface area (Å²) in [7, 11) is 0. The van der Waals surface area contributed by atoms with Gasteiger partial charge >= 0.3 is 0 Å². The van der Waals surface area contributed by atoms with Crippen molar-refractivity contribution in [2.45, 2.75) is 51.0 Å². The van der Waals surface area contributed by atoms with Crippen LogP contribution < -0.4 is 11.1 Å². The van der Waals surface area contributed by atoms with Crippen LogP contribution in [0.2, 0.25) is 0 Å². The largest absolute Gasteiger partial charge is 0.349 e. The van der Waals surface area contributed by atoms with Crippen LogP contribution in [0.25, 0.3) is 0 Å². The predicted molar refractivity (Wildman–Crippen MR) is 53.3 cm³/mol. The minimum absolute atomic E-state index is 0.0780. The minimum atomic E-state index is -0.0780. The maximum atomic E-state index is 11.3. The van der Waals surface area contributed by atoms with Gasteiger partial charge in [0.05, 0.1) is 5.54 Å². The first-order valence-electron chi connectivity index (χ1n) is 5.23. The Morgan fingerprint density at radius 3 is 2.46 bits per heavy atom. The van der Waals surface area contributed by atoms with E-state index < -0.39 is 0 Å². The van der Waals surface area contributed by atoms with Crippen LogP contribution in [0, 0.1) is 0 Å². The number of amides is 1. The molecule has 0 radical (unpaired) electrons. The Labute approximate surface area is 80.1 Å². The standard InChI is InChI=1S/C10H20N2O/c1-2-9(13)12-10(8-11)6-4-3-5-7-10/h2-8,11H2,1H3,(H,12,13). The molecule has 3 nitrogen and oxygen atoms in total. The van der Waals surface area contributed by atoms with Crippen molar-refractivity contribution in [1.82, 2.24) is 5.32 Å². The van der Waals surface area contributed by atoms with Crippen molar-refractivity contribution in [1.29, 1.82) is 0 Å². The fourth-order valence-electron chi connectivity index (χ4n) is 1.99. The van der Waals surface area contributed by atoms with Crippen LogP contribution in [0.15, 0.2) is 0 Å². The zero-order valence-corrected chi connectivity index (χ0v) is 8.44. The lowest BCUT2D eigenvalue weighted by atomic mass is 9.81. The highest BCUT2D eigenvalue weighted by molar-refractivity contribution is 5.76. The van der Waals surface area contributed by atoms with Gasteiger partial charge in [0, 0.05) is 13.0 Å². The molecule has 3 heteroatoms. The molecular weight excluding hydrogens is 164 g/mol. The molecule has 0 bridgehead atoms. The number of nitrogens with one attached hydrogen (secondary N) is 1. The first-order chi connectivity index (χ1) is 6.22. The molecule has 0 aromatic carbocycles. The van der Waals surface area contributed by atoms with Crippen LogP contribution in [0.5, 0.6) is 0 Å². The van der Waals surface area contributed by atoms with E-state index in [9.17, 15) is 4.79 Å². The molecule has 0 spiro atoms. The van der Waals surface area contributed by atoms with E-state index in [4.69, 9.17) is 5.73 Å². The van der Waals surface area contributed by atoms with E-state index in [0.717, 1.165) is 12.8 Å². The molecule has 1 fully saturated rings. The van der Waals surface area contributed by atoms with Crippen molar-refractivity contribution in [3.8, 4) is 0 Å². The van der Waals surface area contributed by atoms with E-state index in [-0.39, 0.29) is 11.4 Å². The summed E-state index contributed by atoms with van der Waals surface area (Å²) in [6.45, 7) is 2.46. The van der Waals surface area contributed by atoms with Crippen LogP contribution >= 0.6 is 0 Å². The molecule has 1 rings (SSSR count). The van der Waals surface area contributed by atoms with Crippen LogP contribution in [0.4, 0.5) is 0 Å². The normalized spacial score (nSPS) is 21.1. The SMILES string of the molecule is CCC(=O)NC1(CN)CCCCC1. The lowest BCUT2D eigenvalue weighted by molar-refractivity contribution is -0.123. The average Bonchev–Trinajstić information content (AvgIpc) is 2.19. The molecule has 0 aromatic heterocycles. The monoisotopic (exact) mass is 184 g/mol. The number of hydrogen-bond acceptors (Lipinski definition) is 2. The average molecular weight is 184 g/mol. The molecule has 76 valence electrons. The van der Waals surface area contributed by atoms with Crippen molar-refractivity contribution in [3.05, 3.63) is 0 Å². The van der Waals surface area contributed by atoms with E-state index in [1.807, 2.05) is 6.92 Å². The van der Waals surface area contributed by atoms with Crippen LogP contribution in [-0.4, -0.2) is 18.0 Å². The number of nitrogens with two attached hydrogens (primary N) is 1. The third-order valence-electron chi connectivity index (χ3n) is 2.93. The Morgan fingerprint density at radius 1 is 1.38 bits per heavy atom. The van der Waals surface area contributed by atoms with Gasteiger partial charge in [-0.3, -0.25) is 4.79 Å². The van der Waals surface area contributed by atoms with Gasteiger partial charge in [-0.15, -0.1) is 0 Å². The quantitative estimate of drug-likeness (QED) is 0.692. The smallest absolute Gasteiger partial charge is 0.220 e. The zero-order chi connectivity index (χ0) is 9.73. The molecule has 0 heterocycles. The van der Waals surface area contributed by atoms with E-state index in [1.165, 1.54) is 19.3 Å². The second kappa shape index (κ2) is 4.61. The van der Waals surface area contributed by atoms with Crippen molar-refractivity contribution in [2.75, 3.05) is 6.54 Å². The van der Waals surface area contributed by atoms with Gasteiger partial charge in [-0.25, -0.2) is 0 Å². The van der Waals surface area contributed by atoms with E-state index in [2.05, 4.69) is 5.32 Å². The predicted octanol–water partition coefficient (Wildman–Crippen LogP) is 1.17. The van der Waals surface area contributed by atoms with E-state index in [1.54, 1.807) is 0 Å². The topological polar surface area (TPSA) is 55.1 Å². The fraction of sp³-hybridized carbons (Fsp3) is 0.900. The minimum Gasteiger partial charge on any atom is -0.349 e. The van der Waals surface area contributed by atoms with Crippen LogP contribution in [0.1, 0.15) is 45.4 Å². The summed E-state index contributed by atoms with van der Waals surface area (Å²) >= 11 is 0. The van der Waals surface area contributed by atoms with Crippen LogP contribution in [-0.2, 0) is 4.79 Å². The van der Waals surface area contributed by atoms with Crippen LogP contribution in [0.3, 0.4) is 0 Å². The summed E-state index contributed by atoms with van der Waals surface area (Å²) in [5.41, 5.74) is 5.65. The summed E-state index contributed by atoms with van der Waals surface area (Å²) in [4.78, 5) is 11.3. The molecule has 1 aliphatic rings. The lowest BCUT2D eigenvalue weighted by Crippen LogP contribution is -2.54. The number of carbonyl (C=O) groups excluding carboxylic acids is 1.